The first kappa shape index (κ1) is 20.6. The molecule has 0 fully saturated rings. The minimum atomic E-state index is -0.0296. The summed E-state index contributed by atoms with van der Waals surface area (Å²) in [5, 5.41) is 6.17. The van der Waals surface area contributed by atoms with Gasteiger partial charge in [-0.3, -0.25) is 4.79 Å². The molecule has 1 amide bonds. The summed E-state index contributed by atoms with van der Waals surface area (Å²) in [5.41, 5.74) is 2.11. The maximum atomic E-state index is 11.8. The van der Waals surface area contributed by atoms with Gasteiger partial charge in [-0.15, -0.1) is 6.58 Å². The molecule has 1 aliphatic heterocycles. The lowest BCUT2D eigenvalue weighted by Gasteiger charge is -2.15. The van der Waals surface area contributed by atoms with Gasteiger partial charge < -0.3 is 25.0 Å². The molecule has 1 atom stereocenters. The molecule has 0 bridgehead atoms. The Kier molecular flexibility index (Phi) is 7.52. The monoisotopic (exact) mass is 374 g/mol. The Morgan fingerprint density at radius 2 is 2.22 bits per heavy atom. The fraction of sp³-hybridized carbons (Fsp3) is 0.500. The van der Waals surface area contributed by atoms with Crippen LogP contribution < -0.4 is 20.1 Å². The number of guanidine groups is 1. The number of carbonyl (C=O) groups is 1. The van der Waals surface area contributed by atoms with Crippen molar-refractivity contribution in [3.63, 3.8) is 0 Å². The zero-order chi connectivity index (χ0) is 19.8. The van der Waals surface area contributed by atoms with Gasteiger partial charge in [0.05, 0.1) is 19.7 Å². The molecule has 1 heterocycles. The fourth-order valence-corrected chi connectivity index (χ4v) is 2.72. The van der Waals surface area contributed by atoms with Crippen molar-refractivity contribution < 1.29 is 14.3 Å². The summed E-state index contributed by atoms with van der Waals surface area (Å²) in [7, 11) is 3.44. The molecule has 0 spiro atoms. The third kappa shape index (κ3) is 5.91. The minimum absolute atomic E-state index is 0.0296. The van der Waals surface area contributed by atoms with E-state index in [1.165, 1.54) is 10.5 Å². The largest absolute Gasteiger partial charge is 0.494 e. The van der Waals surface area contributed by atoms with E-state index in [-0.39, 0.29) is 18.6 Å². The molecule has 0 aliphatic carbocycles. The van der Waals surface area contributed by atoms with E-state index in [4.69, 9.17) is 9.47 Å². The fourth-order valence-electron chi connectivity index (χ4n) is 2.72. The number of fused-ring (bicyclic) bond motifs is 1. The summed E-state index contributed by atoms with van der Waals surface area (Å²) in [5.74, 6) is 2.23. The van der Waals surface area contributed by atoms with Crippen LogP contribution in [0, 0.1) is 0 Å². The molecule has 0 saturated carbocycles. The zero-order valence-corrected chi connectivity index (χ0v) is 16.7. The Morgan fingerprint density at radius 3 is 2.89 bits per heavy atom. The second-order valence-electron chi connectivity index (χ2n) is 6.61. The van der Waals surface area contributed by atoms with Gasteiger partial charge in [-0.2, -0.15) is 0 Å². The summed E-state index contributed by atoms with van der Waals surface area (Å²) in [6, 6.07) is 4.05. The van der Waals surface area contributed by atoms with E-state index in [1.54, 1.807) is 20.2 Å². The number of hydrogen-bond acceptors (Lipinski definition) is 4. The molecule has 7 heteroatoms. The summed E-state index contributed by atoms with van der Waals surface area (Å²) in [4.78, 5) is 17.9. The molecular formula is C20H30N4O3. The molecule has 0 saturated heterocycles. The van der Waals surface area contributed by atoms with Gasteiger partial charge in [-0.1, -0.05) is 6.08 Å². The van der Waals surface area contributed by atoms with Gasteiger partial charge in [-0.25, -0.2) is 4.99 Å². The van der Waals surface area contributed by atoms with Crippen LogP contribution in [0.2, 0.25) is 0 Å². The second kappa shape index (κ2) is 9.85. The van der Waals surface area contributed by atoms with Crippen LogP contribution in [0.5, 0.6) is 11.5 Å². The number of nitrogens with zero attached hydrogens (tertiary/aromatic N) is 2. The number of nitrogens with one attached hydrogen (secondary N) is 2. The average Bonchev–Trinajstić information content (AvgIpc) is 2.99. The molecule has 1 unspecified atom stereocenters. The van der Waals surface area contributed by atoms with Crippen LogP contribution in [0.3, 0.4) is 0 Å². The maximum Gasteiger partial charge on any atom is 0.241 e. The third-order valence-corrected chi connectivity index (χ3v) is 4.11. The SMILES string of the molecule is C=CCNC(=NCc1cc2c(cc1OCC)CC(C)O2)NCC(=O)N(C)C. The van der Waals surface area contributed by atoms with Crippen molar-refractivity contribution in [1.82, 2.24) is 15.5 Å². The van der Waals surface area contributed by atoms with Crippen molar-refractivity contribution in [3.05, 3.63) is 35.9 Å². The van der Waals surface area contributed by atoms with E-state index < -0.39 is 0 Å². The normalized spacial score (nSPS) is 15.6. The van der Waals surface area contributed by atoms with E-state index in [2.05, 4.69) is 29.1 Å². The van der Waals surface area contributed by atoms with Crippen LogP contribution in [0.1, 0.15) is 25.0 Å². The van der Waals surface area contributed by atoms with Gasteiger partial charge in [0, 0.05) is 38.2 Å². The van der Waals surface area contributed by atoms with Gasteiger partial charge >= 0.3 is 0 Å². The van der Waals surface area contributed by atoms with Crippen molar-refractivity contribution in [1.29, 1.82) is 0 Å². The minimum Gasteiger partial charge on any atom is -0.494 e. The first-order valence-electron chi connectivity index (χ1n) is 9.23. The van der Waals surface area contributed by atoms with Gasteiger partial charge in [0.2, 0.25) is 5.91 Å². The second-order valence-corrected chi connectivity index (χ2v) is 6.61. The molecule has 27 heavy (non-hydrogen) atoms. The number of carbonyl (C=O) groups excluding carboxylic acids is 1. The van der Waals surface area contributed by atoms with Crippen molar-refractivity contribution in [2.45, 2.75) is 32.9 Å². The third-order valence-electron chi connectivity index (χ3n) is 4.11. The highest BCUT2D eigenvalue weighted by Crippen LogP contribution is 2.35. The maximum absolute atomic E-state index is 11.8. The van der Waals surface area contributed by atoms with E-state index in [1.807, 2.05) is 19.1 Å². The number of benzene rings is 1. The van der Waals surface area contributed by atoms with E-state index >= 15 is 0 Å². The van der Waals surface area contributed by atoms with Crippen LogP contribution in [0.25, 0.3) is 0 Å². The van der Waals surface area contributed by atoms with Gasteiger partial charge in [-0.05, 0) is 26.0 Å². The van der Waals surface area contributed by atoms with Crippen molar-refractivity contribution in [2.24, 2.45) is 4.99 Å². The summed E-state index contributed by atoms with van der Waals surface area (Å²) in [6.07, 6.45) is 2.80. The predicted molar refractivity (Wildman–Crippen MR) is 107 cm³/mol. The highest BCUT2D eigenvalue weighted by atomic mass is 16.5. The lowest BCUT2D eigenvalue weighted by molar-refractivity contribution is -0.127. The number of amides is 1. The number of ether oxygens (including phenoxy) is 2. The van der Waals surface area contributed by atoms with Crippen LogP contribution in [0.4, 0.5) is 0 Å². The van der Waals surface area contributed by atoms with Crippen molar-refractivity contribution >= 4 is 11.9 Å². The number of likely N-dealkylation sites (N-methyl/N-ethyl adjacent to an activating group) is 1. The van der Waals surface area contributed by atoms with Crippen molar-refractivity contribution in [3.8, 4) is 11.5 Å². The van der Waals surface area contributed by atoms with E-state index in [9.17, 15) is 4.79 Å². The van der Waals surface area contributed by atoms with E-state index in [0.717, 1.165) is 23.5 Å². The molecule has 2 rings (SSSR count). The van der Waals surface area contributed by atoms with Gasteiger partial charge in [0.15, 0.2) is 5.96 Å². The quantitative estimate of drug-likeness (QED) is 0.412. The molecule has 1 aliphatic rings. The lowest BCUT2D eigenvalue weighted by atomic mass is 10.1. The standard InChI is InChI=1S/C20H30N4O3/c1-6-8-21-20(23-13-19(25)24(4)5)22-12-16-11-18-15(9-14(3)27-18)10-17(16)26-7-2/h6,10-11,14H,1,7-9,12-13H2,2-5H3,(H2,21,22,23). The summed E-state index contributed by atoms with van der Waals surface area (Å²) in [6.45, 7) is 9.43. The Morgan fingerprint density at radius 1 is 1.44 bits per heavy atom. The first-order chi connectivity index (χ1) is 12.9. The van der Waals surface area contributed by atoms with Crippen LogP contribution in [-0.2, 0) is 17.8 Å². The van der Waals surface area contributed by atoms with Crippen molar-refractivity contribution in [2.75, 3.05) is 33.8 Å². The summed E-state index contributed by atoms with van der Waals surface area (Å²) >= 11 is 0. The Labute approximate surface area is 161 Å². The molecule has 7 nitrogen and oxygen atoms in total. The molecular weight excluding hydrogens is 344 g/mol. The zero-order valence-electron chi connectivity index (χ0n) is 16.7. The topological polar surface area (TPSA) is 75.2 Å². The predicted octanol–water partition coefficient (Wildman–Crippen LogP) is 1.72. The Bertz CT molecular complexity index is 701. The number of rotatable bonds is 8. The number of aliphatic imine (C=N–C) groups is 1. The lowest BCUT2D eigenvalue weighted by Crippen LogP contribution is -2.43. The molecule has 1 aromatic rings. The van der Waals surface area contributed by atoms with E-state index in [0.29, 0.717) is 25.7 Å². The Hall–Kier alpha value is -2.70. The van der Waals surface area contributed by atoms with Crippen LogP contribution >= 0.6 is 0 Å². The highest BCUT2D eigenvalue weighted by molar-refractivity contribution is 5.86. The van der Waals surface area contributed by atoms with Gasteiger partial charge in [0.1, 0.15) is 17.6 Å². The summed E-state index contributed by atoms with van der Waals surface area (Å²) < 4.78 is 11.7. The molecule has 148 valence electrons. The smallest absolute Gasteiger partial charge is 0.241 e. The first-order valence-corrected chi connectivity index (χ1v) is 9.23. The average molecular weight is 374 g/mol. The van der Waals surface area contributed by atoms with Crippen LogP contribution in [0.15, 0.2) is 29.8 Å². The molecule has 0 radical (unpaired) electrons. The highest BCUT2D eigenvalue weighted by Gasteiger charge is 2.21. The molecule has 2 N–H and O–H groups in total. The Balaban J connectivity index is 2.16. The molecule has 0 aromatic heterocycles. The van der Waals surface area contributed by atoms with Crippen LogP contribution in [-0.4, -0.2) is 56.7 Å². The number of hydrogen-bond donors (Lipinski definition) is 2. The van der Waals surface area contributed by atoms with Gasteiger partial charge in [0.25, 0.3) is 0 Å². The molecule has 1 aromatic carbocycles.